The van der Waals surface area contributed by atoms with Crippen LogP contribution >= 0.6 is 36.2 Å². The van der Waals surface area contributed by atoms with Gasteiger partial charge >= 0.3 is 0 Å². The van der Waals surface area contributed by atoms with Gasteiger partial charge in [0.2, 0.25) is 5.91 Å². The van der Waals surface area contributed by atoms with E-state index >= 15 is 0 Å². The molecular formula is C17H18Cl2N6OS. The summed E-state index contributed by atoms with van der Waals surface area (Å²) in [5, 5.41) is 12.1. The molecule has 3 N–H and O–H groups in total. The molecule has 4 rings (SSSR count). The zero-order chi connectivity index (χ0) is 17.1. The summed E-state index contributed by atoms with van der Waals surface area (Å²) in [6.07, 6.45) is 5.28. The summed E-state index contributed by atoms with van der Waals surface area (Å²) in [5.74, 6) is 1.40. The zero-order valence-corrected chi connectivity index (χ0v) is 16.5. The fraction of sp³-hybridized carbons (Fsp3) is 0.176. The van der Waals surface area contributed by atoms with E-state index < -0.39 is 0 Å². The van der Waals surface area contributed by atoms with Crippen molar-refractivity contribution < 1.29 is 4.79 Å². The van der Waals surface area contributed by atoms with Gasteiger partial charge in [-0.3, -0.25) is 4.79 Å². The average Bonchev–Trinajstić information content (AvgIpc) is 3.17. The van der Waals surface area contributed by atoms with Crippen molar-refractivity contribution in [2.24, 2.45) is 0 Å². The van der Waals surface area contributed by atoms with E-state index in [0.717, 1.165) is 16.1 Å². The van der Waals surface area contributed by atoms with Crippen LogP contribution in [0.5, 0.6) is 0 Å². The first-order chi connectivity index (χ1) is 12.3. The minimum absolute atomic E-state index is 0. The van der Waals surface area contributed by atoms with Crippen molar-refractivity contribution in [1.82, 2.24) is 25.6 Å². The molecule has 1 unspecified atom stereocenters. The van der Waals surface area contributed by atoms with E-state index in [1.165, 1.54) is 0 Å². The van der Waals surface area contributed by atoms with Gasteiger partial charge in [-0.2, -0.15) is 0 Å². The number of pyridine rings is 2. The molecule has 27 heavy (non-hydrogen) atoms. The van der Waals surface area contributed by atoms with E-state index in [0.29, 0.717) is 24.7 Å². The van der Waals surface area contributed by atoms with Crippen LogP contribution in [0.4, 0.5) is 11.6 Å². The second-order valence-corrected chi connectivity index (χ2v) is 6.48. The van der Waals surface area contributed by atoms with Gasteiger partial charge in [-0.1, -0.05) is 6.07 Å². The molecule has 1 amide bonds. The van der Waals surface area contributed by atoms with Crippen molar-refractivity contribution >= 4 is 53.7 Å². The minimum atomic E-state index is -0.0523. The highest BCUT2D eigenvalue weighted by Gasteiger charge is 2.19. The van der Waals surface area contributed by atoms with E-state index in [1.54, 1.807) is 29.9 Å². The second kappa shape index (κ2) is 9.61. The van der Waals surface area contributed by atoms with Crippen LogP contribution in [-0.2, 0) is 4.79 Å². The summed E-state index contributed by atoms with van der Waals surface area (Å²) in [6, 6.07) is 7.65. The molecule has 1 fully saturated rings. The molecule has 3 aromatic heterocycles. The summed E-state index contributed by atoms with van der Waals surface area (Å²) in [4.78, 5) is 24.7. The first-order valence-corrected chi connectivity index (χ1v) is 8.75. The Bertz CT molecular complexity index is 875. The lowest BCUT2D eigenvalue weighted by atomic mass is 10.1. The molecule has 1 saturated heterocycles. The Kier molecular flexibility index (Phi) is 7.49. The Morgan fingerprint density at radius 2 is 2.00 bits per heavy atom. The van der Waals surface area contributed by atoms with Crippen LogP contribution in [-0.4, -0.2) is 33.9 Å². The van der Waals surface area contributed by atoms with Crippen LogP contribution in [0.2, 0.25) is 0 Å². The van der Waals surface area contributed by atoms with Gasteiger partial charge in [0.15, 0.2) is 0 Å². The number of amides is 1. The topological polar surface area (TPSA) is 91.8 Å². The summed E-state index contributed by atoms with van der Waals surface area (Å²) < 4.78 is 0. The molecule has 0 spiro atoms. The number of carbonyl (C=O) groups is 1. The van der Waals surface area contributed by atoms with Crippen LogP contribution in [0.3, 0.4) is 0 Å². The highest BCUT2D eigenvalue weighted by molar-refractivity contribution is 7.13. The smallest absolute Gasteiger partial charge is 0.234 e. The lowest BCUT2D eigenvalue weighted by Gasteiger charge is -2.24. The molecule has 10 heteroatoms. The van der Waals surface area contributed by atoms with Crippen molar-refractivity contribution in [2.75, 3.05) is 18.4 Å². The monoisotopic (exact) mass is 424 g/mol. The maximum Gasteiger partial charge on any atom is 0.234 e. The normalized spacial score (nSPS) is 15.9. The van der Waals surface area contributed by atoms with Crippen LogP contribution in [0, 0.1) is 0 Å². The maximum atomic E-state index is 11.5. The molecular weight excluding hydrogens is 407 g/mol. The Morgan fingerprint density at radius 1 is 1.11 bits per heavy atom. The number of carbonyl (C=O) groups excluding carboxylic acids is 1. The number of piperazine rings is 1. The fourth-order valence-electron chi connectivity index (χ4n) is 2.67. The van der Waals surface area contributed by atoms with Crippen molar-refractivity contribution in [3.8, 4) is 10.6 Å². The van der Waals surface area contributed by atoms with Crippen molar-refractivity contribution in [1.29, 1.82) is 0 Å². The van der Waals surface area contributed by atoms with Crippen molar-refractivity contribution in [3.05, 3.63) is 53.8 Å². The van der Waals surface area contributed by atoms with Crippen LogP contribution < -0.4 is 16.0 Å². The van der Waals surface area contributed by atoms with Gasteiger partial charge in [0.1, 0.15) is 16.6 Å². The van der Waals surface area contributed by atoms with Gasteiger partial charge < -0.3 is 16.0 Å². The summed E-state index contributed by atoms with van der Waals surface area (Å²) in [6.45, 7) is 1.07. The first-order valence-electron chi connectivity index (χ1n) is 7.87. The van der Waals surface area contributed by atoms with Crippen LogP contribution in [0.25, 0.3) is 10.6 Å². The Balaban J connectivity index is 0.00000131. The van der Waals surface area contributed by atoms with Crippen molar-refractivity contribution in [2.45, 2.75) is 6.04 Å². The fourth-order valence-corrected chi connectivity index (χ4v) is 3.33. The Hall–Kier alpha value is -2.26. The average molecular weight is 425 g/mol. The molecule has 0 saturated carbocycles. The number of thiazole rings is 1. The van der Waals surface area contributed by atoms with Gasteiger partial charge in [-0.05, 0) is 23.8 Å². The van der Waals surface area contributed by atoms with E-state index in [2.05, 4.69) is 30.9 Å². The molecule has 1 aliphatic heterocycles. The lowest BCUT2D eigenvalue weighted by molar-refractivity contribution is -0.122. The molecule has 142 valence electrons. The summed E-state index contributed by atoms with van der Waals surface area (Å²) in [7, 11) is 0. The second-order valence-electron chi connectivity index (χ2n) is 5.59. The maximum absolute atomic E-state index is 11.5. The Labute approximate surface area is 172 Å². The molecule has 4 heterocycles. The number of nitrogens with zero attached hydrogens (tertiary/aromatic N) is 3. The molecule has 7 nitrogen and oxygen atoms in total. The zero-order valence-electron chi connectivity index (χ0n) is 14.1. The van der Waals surface area contributed by atoms with Crippen LogP contribution in [0.15, 0.2) is 48.2 Å². The number of anilines is 2. The standard InChI is InChI=1S/C17H16N6OS.2ClH/c24-15-10-18-9-13(22-15)11-3-4-14(21-8-11)23-16-12(2-1-5-19-16)17-20-6-7-25-17;;/h1-8,13,18H,9-10H2,(H,22,24)(H,19,21,23);2*1H. The molecule has 0 bridgehead atoms. The van der Waals surface area contributed by atoms with Crippen LogP contribution in [0.1, 0.15) is 11.6 Å². The molecule has 0 radical (unpaired) electrons. The number of halogens is 2. The highest BCUT2D eigenvalue weighted by atomic mass is 35.5. The van der Waals surface area contributed by atoms with Gasteiger partial charge in [0.05, 0.1) is 18.2 Å². The number of nitrogens with one attached hydrogen (secondary N) is 3. The quantitative estimate of drug-likeness (QED) is 0.596. The Morgan fingerprint density at radius 3 is 2.70 bits per heavy atom. The van der Waals surface area contributed by atoms with E-state index in [9.17, 15) is 4.79 Å². The number of hydrogen-bond acceptors (Lipinski definition) is 7. The predicted molar refractivity (Wildman–Crippen MR) is 111 cm³/mol. The van der Waals surface area contributed by atoms with Gasteiger partial charge in [-0.25, -0.2) is 15.0 Å². The minimum Gasteiger partial charge on any atom is -0.347 e. The van der Waals surface area contributed by atoms with E-state index in [4.69, 9.17) is 0 Å². The third-order valence-electron chi connectivity index (χ3n) is 3.87. The molecule has 1 atom stereocenters. The van der Waals surface area contributed by atoms with Gasteiger partial charge in [-0.15, -0.1) is 36.2 Å². The third kappa shape index (κ3) is 4.92. The molecule has 3 aromatic rings. The lowest BCUT2D eigenvalue weighted by Crippen LogP contribution is -2.47. The predicted octanol–water partition coefficient (Wildman–Crippen LogP) is 2.95. The largest absolute Gasteiger partial charge is 0.347 e. The van der Waals surface area contributed by atoms with E-state index in [-0.39, 0.29) is 36.8 Å². The van der Waals surface area contributed by atoms with E-state index in [1.807, 2.05) is 29.6 Å². The molecule has 1 aliphatic rings. The number of hydrogen-bond donors (Lipinski definition) is 3. The number of rotatable bonds is 4. The molecule has 0 aromatic carbocycles. The third-order valence-corrected chi connectivity index (χ3v) is 4.68. The highest BCUT2D eigenvalue weighted by Crippen LogP contribution is 2.29. The summed E-state index contributed by atoms with van der Waals surface area (Å²) >= 11 is 1.56. The van der Waals surface area contributed by atoms with Crippen molar-refractivity contribution in [3.63, 3.8) is 0 Å². The van der Waals surface area contributed by atoms with Gasteiger partial charge in [0, 0.05) is 30.5 Å². The molecule has 0 aliphatic carbocycles. The number of aromatic nitrogens is 3. The SMILES string of the molecule is Cl.Cl.O=C1CNCC(c2ccc(Nc3ncccc3-c3nccs3)nc2)N1. The summed E-state index contributed by atoms with van der Waals surface area (Å²) in [5.41, 5.74) is 1.90. The first kappa shape index (κ1) is 21.0. The van der Waals surface area contributed by atoms with Gasteiger partial charge in [0.25, 0.3) is 0 Å².